The highest BCUT2D eigenvalue weighted by atomic mass is 35.5. The van der Waals surface area contributed by atoms with Crippen molar-refractivity contribution in [2.45, 2.75) is 37.5 Å². The highest BCUT2D eigenvalue weighted by Crippen LogP contribution is 2.43. The van der Waals surface area contributed by atoms with E-state index in [0.717, 1.165) is 23.9 Å². The fourth-order valence-electron chi connectivity index (χ4n) is 3.04. The number of sulfonamides is 1. The van der Waals surface area contributed by atoms with Crippen LogP contribution >= 0.6 is 23.4 Å². The van der Waals surface area contributed by atoms with E-state index in [4.69, 9.17) is 11.6 Å². The van der Waals surface area contributed by atoms with Gasteiger partial charge in [0.25, 0.3) is 0 Å². The molecule has 1 amide bonds. The van der Waals surface area contributed by atoms with Crippen molar-refractivity contribution in [2.75, 3.05) is 33.4 Å². The Morgan fingerprint density at radius 1 is 1.29 bits per heavy atom. The smallest absolute Gasteiger partial charge is 0.234 e. The van der Waals surface area contributed by atoms with Gasteiger partial charge < -0.3 is 10.6 Å². The molecule has 1 aliphatic rings. The molecule has 0 saturated carbocycles. The number of carbonyl (C=O) groups excluding carboxylic acids is 1. The maximum Gasteiger partial charge on any atom is 0.234 e. The molecule has 1 unspecified atom stereocenters. The molecule has 1 aromatic heterocycles. The molecule has 0 spiro atoms. The maximum absolute atomic E-state index is 14.4. The Balaban J connectivity index is 1.83. The van der Waals surface area contributed by atoms with Gasteiger partial charge in [0, 0.05) is 12.3 Å². The molecule has 1 atom stereocenters. The van der Waals surface area contributed by atoms with Crippen LogP contribution in [0.3, 0.4) is 0 Å². The van der Waals surface area contributed by atoms with Crippen molar-refractivity contribution in [1.29, 1.82) is 0 Å². The number of halogens is 2. The molecule has 3 rings (SSSR count). The van der Waals surface area contributed by atoms with Crippen LogP contribution in [-0.4, -0.2) is 42.3 Å². The number of amides is 1. The minimum atomic E-state index is -3.63. The van der Waals surface area contributed by atoms with Gasteiger partial charge >= 0.3 is 0 Å². The van der Waals surface area contributed by atoms with Gasteiger partial charge in [-0.05, 0) is 25.0 Å². The quantitative estimate of drug-likeness (QED) is 0.488. The van der Waals surface area contributed by atoms with Crippen LogP contribution in [0.15, 0.2) is 23.4 Å². The lowest BCUT2D eigenvalue weighted by molar-refractivity contribution is -0.117. The molecule has 168 valence electrons. The van der Waals surface area contributed by atoms with Gasteiger partial charge in [-0.3, -0.25) is 9.52 Å². The topological polar surface area (TPSA) is 113 Å². The Morgan fingerprint density at radius 2 is 2.06 bits per heavy atom. The molecule has 2 aromatic rings. The van der Waals surface area contributed by atoms with Crippen molar-refractivity contribution in [3.8, 4) is 0 Å². The van der Waals surface area contributed by atoms with Gasteiger partial charge in [-0.1, -0.05) is 25.4 Å². The predicted molar refractivity (Wildman–Crippen MR) is 122 cm³/mol. The highest BCUT2D eigenvalue weighted by Gasteiger charge is 2.34. The molecule has 0 aliphatic carbocycles. The number of hydrogen-bond donors (Lipinski definition) is 3. The zero-order valence-corrected chi connectivity index (χ0v) is 19.4. The number of nitrogens with one attached hydrogen (secondary N) is 3. The Hall–Kier alpha value is -2.11. The Morgan fingerprint density at radius 3 is 2.77 bits per heavy atom. The van der Waals surface area contributed by atoms with Gasteiger partial charge in [-0.15, -0.1) is 11.8 Å². The Kier molecular flexibility index (Phi) is 7.60. The summed E-state index contributed by atoms with van der Waals surface area (Å²) >= 11 is 7.68. The molecular formula is C19H23ClFN5O3S2. The standard InChI is InChI=1S/C19H23ClFN5O3S2/c1-3-7-22-18-17-15(23-10-24-18)11(9-30-17)19(27)25-16-12(21)5-6-13(14(16)20)26-31(28,29)8-4-2/h5-6,10-11,26H,3-4,7-9H2,1-2H3,(H,25,27)(H,22,23,24). The first-order valence-corrected chi connectivity index (χ1v) is 12.8. The summed E-state index contributed by atoms with van der Waals surface area (Å²) < 4.78 is 40.9. The Labute approximate surface area is 189 Å². The zero-order valence-electron chi connectivity index (χ0n) is 17.0. The van der Waals surface area contributed by atoms with Crippen molar-refractivity contribution in [3.05, 3.63) is 35.0 Å². The van der Waals surface area contributed by atoms with E-state index in [9.17, 15) is 17.6 Å². The van der Waals surface area contributed by atoms with Crippen LogP contribution in [0, 0.1) is 5.82 Å². The second-order valence-electron chi connectivity index (χ2n) is 6.92. The van der Waals surface area contributed by atoms with Crippen molar-refractivity contribution < 1.29 is 17.6 Å². The van der Waals surface area contributed by atoms with E-state index in [1.54, 1.807) is 6.92 Å². The molecular weight excluding hydrogens is 465 g/mol. The molecule has 8 nitrogen and oxygen atoms in total. The Bertz CT molecular complexity index is 1080. The first kappa shape index (κ1) is 23.6. The third kappa shape index (κ3) is 5.39. The van der Waals surface area contributed by atoms with E-state index >= 15 is 0 Å². The highest BCUT2D eigenvalue weighted by molar-refractivity contribution is 7.99. The predicted octanol–water partition coefficient (Wildman–Crippen LogP) is 4.07. The average molecular weight is 488 g/mol. The van der Waals surface area contributed by atoms with Crippen LogP contribution < -0.4 is 15.4 Å². The van der Waals surface area contributed by atoms with Crippen LogP contribution in [0.1, 0.15) is 38.3 Å². The SMILES string of the molecule is CCCNc1ncnc2c1SCC2C(=O)Nc1c(F)ccc(NS(=O)(=O)CCC)c1Cl. The monoisotopic (exact) mass is 487 g/mol. The van der Waals surface area contributed by atoms with Crippen molar-refractivity contribution in [3.63, 3.8) is 0 Å². The number of aromatic nitrogens is 2. The van der Waals surface area contributed by atoms with Gasteiger partial charge in [0.15, 0.2) is 0 Å². The van der Waals surface area contributed by atoms with Crippen molar-refractivity contribution in [2.24, 2.45) is 0 Å². The summed E-state index contributed by atoms with van der Waals surface area (Å²) in [5.74, 6) is -0.892. The molecule has 12 heteroatoms. The van der Waals surface area contributed by atoms with E-state index in [0.29, 0.717) is 23.7 Å². The zero-order chi connectivity index (χ0) is 22.6. The maximum atomic E-state index is 14.4. The van der Waals surface area contributed by atoms with E-state index in [2.05, 4.69) is 25.3 Å². The van der Waals surface area contributed by atoms with E-state index in [1.165, 1.54) is 24.2 Å². The van der Waals surface area contributed by atoms with Gasteiger partial charge in [-0.25, -0.2) is 22.8 Å². The van der Waals surface area contributed by atoms with Gasteiger partial charge in [0.1, 0.15) is 18.0 Å². The normalized spacial score (nSPS) is 15.4. The molecule has 2 heterocycles. The summed E-state index contributed by atoms with van der Waals surface area (Å²) in [7, 11) is -3.63. The molecule has 0 bridgehead atoms. The third-order valence-corrected chi connectivity index (χ3v) is 7.55. The molecule has 0 radical (unpaired) electrons. The number of benzene rings is 1. The fraction of sp³-hybridized carbons (Fsp3) is 0.421. The van der Waals surface area contributed by atoms with Crippen LogP contribution in [0.5, 0.6) is 0 Å². The largest absolute Gasteiger partial charge is 0.369 e. The van der Waals surface area contributed by atoms with E-state index < -0.39 is 27.7 Å². The number of anilines is 3. The summed E-state index contributed by atoms with van der Waals surface area (Å²) in [5.41, 5.74) is 0.286. The first-order valence-electron chi connectivity index (χ1n) is 9.78. The summed E-state index contributed by atoms with van der Waals surface area (Å²) in [6.45, 7) is 4.50. The minimum Gasteiger partial charge on any atom is -0.369 e. The summed E-state index contributed by atoms with van der Waals surface area (Å²) in [6.07, 6.45) is 2.72. The fourth-order valence-corrected chi connectivity index (χ4v) is 5.73. The first-order chi connectivity index (χ1) is 14.8. The second-order valence-corrected chi connectivity index (χ2v) is 10.2. The second kappa shape index (κ2) is 10.0. The number of thioether (sulfide) groups is 1. The molecule has 3 N–H and O–H groups in total. The number of rotatable bonds is 9. The van der Waals surface area contributed by atoms with Crippen LogP contribution in [0.25, 0.3) is 0 Å². The van der Waals surface area contributed by atoms with Crippen molar-refractivity contribution >= 4 is 56.5 Å². The van der Waals surface area contributed by atoms with E-state index in [1.807, 2.05) is 6.92 Å². The van der Waals surface area contributed by atoms with Crippen molar-refractivity contribution in [1.82, 2.24) is 9.97 Å². The van der Waals surface area contributed by atoms with Crippen LogP contribution in [0.4, 0.5) is 21.6 Å². The van der Waals surface area contributed by atoms with Gasteiger partial charge in [0.2, 0.25) is 15.9 Å². The molecule has 0 saturated heterocycles. The molecule has 1 aromatic carbocycles. The molecule has 1 aliphatic heterocycles. The number of nitrogens with zero attached hydrogens (tertiary/aromatic N) is 2. The lowest BCUT2D eigenvalue weighted by Crippen LogP contribution is -2.23. The third-order valence-electron chi connectivity index (χ3n) is 4.49. The average Bonchev–Trinajstić information content (AvgIpc) is 3.16. The number of hydrogen-bond acceptors (Lipinski definition) is 7. The van der Waals surface area contributed by atoms with Gasteiger partial charge in [-0.2, -0.15) is 0 Å². The van der Waals surface area contributed by atoms with E-state index in [-0.39, 0.29) is 22.2 Å². The van der Waals surface area contributed by atoms with Gasteiger partial charge in [0.05, 0.1) is 38.7 Å². The van der Waals surface area contributed by atoms with Crippen LogP contribution in [-0.2, 0) is 14.8 Å². The molecule has 0 fully saturated rings. The summed E-state index contributed by atoms with van der Waals surface area (Å²) in [4.78, 5) is 22.2. The van der Waals surface area contributed by atoms with Crippen LogP contribution in [0.2, 0.25) is 5.02 Å². The molecule has 31 heavy (non-hydrogen) atoms. The minimum absolute atomic E-state index is 0.00129. The summed E-state index contributed by atoms with van der Waals surface area (Å²) in [5, 5.41) is 5.50. The lowest BCUT2D eigenvalue weighted by Gasteiger charge is -2.16. The number of carbonyl (C=O) groups is 1. The number of fused-ring (bicyclic) bond motifs is 1. The summed E-state index contributed by atoms with van der Waals surface area (Å²) in [6, 6.07) is 2.28. The lowest BCUT2D eigenvalue weighted by atomic mass is 10.1.